The van der Waals surface area contributed by atoms with Crippen LogP contribution in [-0.4, -0.2) is 6.29 Å². The van der Waals surface area contributed by atoms with Gasteiger partial charge in [-0.05, 0) is 17.0 Å². The summed E-state index contributed by atoms with van der Waals surface area (Å²) in [6, 6.07) is 20.3. The van der Waals surface area contributed by atoms with E-state index >= 15 is 0 Å². The quantitative estimate of drug-likeness (QED) is 0.313. The van der Waals surface area contributed by atoms with E-state index in [0.29, 0.717) is 16.7 Å². The predicted octanol–water partition coefficient (Wildman–Crippen LogP) is 4.43. The monoisotopic (exact) mass is 300 g/mol. The van der Waals surface area contributed by atoms with Crippen LogP contribution in [0.5, 0.6) is 0 Å². The van der Waals surface area contributed by atoms with Gasteiger partial charge in [-0.3, -0.25) is 4.79 Å². The molecule has 0 spiro atoms. The molecule has 3 aromatic carbocycles. The number of carbonyl (C=O) groups is 1. The molecule has 4 rings (SSSR count). The summed E-state index contributed by atoms with van der Waals surface area (Å²) in [6.45, 7) is 0. The number of fused-ring (bicyclic) bond motifs is 3. The van der Waals surface area contributed by atoms with Crippen molar-refractivity contribution in [1.29, 1.82) is 0 Å². The van der Waals surface area contributed by atoms with E-state index < -0.39 is 5.63 Å². The average molecular weight is 300 g/mol. The van der Waals surface area contributed by atoms with Crippen LogP contribution in [0.2, 0.25) is 0 Å². The first-order chi connectivity index (χ1) is 11.3. The van der Waals surface area contributed by atoms with Gasteiger partial charge in [0.2, 0.25) is 0 Å². The summed E-state index contributed by atoms with van der Waals surface area (Å²) in [5, 5.41) is 2.70. The number of aldehydes is 1. The first-order valence-corrected chi connectivity index (χ1v) is 7.28. The van der Waals surface area contributed by atoms with Crippen molar-refractivity contribution in [2.45, 2.75) is 0 Å². The molecule has 0 fully saturated rings. The van der Waals surface area contributed by atoms with Crippen LogP contribution < -0.4 is 5.63 Å². The molecule has 0 aliphatic heterocycles. The van der Waals surface area contributed by atoms with Crippen LogP contribution in [-0.2, 0) is 0 Å². The van der Waals surface area contributed by atoms with E-state index in [9.17, 15) is 9.59 Å². The molecule has 1 aromatic heterocycles. The molecule has 0 N–H and O–H groups in total. The summed E-state index contributed by atoms with van der Waals surface area (Å²) in [6.07, 6.45) is 0.802. The Morgan fingerprint density at radius 3 is 2.43 bits per heavy atom. The van der Waals surface area contributed by atoms with Crippen LogP contribution in [0.3, 0.4) is 0 Å². The fraction of sp³-hybridized carbons (Fsp3) is 0. The summed E-state index contributed by atoms with van der Waals surface area (Å²) in [4.78, 5) is 23.4. The molecule has 0 bridgehead atoms. The first-order valence-electron chi connectivity index (χ1n) is 7.28. The van der Waals surface area contributed by atoms with Gasteiger partial charge in [0.05, 0.1) is 0 Å². The van der Waals surface area contributed by atoms with E-state index in [1.807, 2.05) is 48.5 Å². The summed E-state index contributed by atoms with van der Waals surface area (Å²) in [5.41, 5.74) is 2.11. The minimum atomic E-state index is -0.426. The van der Waals surface area contributed by atoms with Crippen molar-refractivity contribution in [2.75, 3.05) is 0 Å². The van der Waals surface area contributed by atoms with Crippen molar-refractivity contribution < 1.29 is 9.21 Å². The lowest BCUT2D eigenvalue weighted by molar-refractivity contribution is 0.112. The minimum Gasteiger partial charge on any atom is -0.422 e. The Morgan fingerprint density at radius 1 is 0.783 bits per heavy atom. The van der Waals surface area contributed by atoms with E-state index in [-0.39, 0.29) is 0 Å². The molecular formula is C20H12O3. The van der Waals surface area contributed by atoms with Crippen molar-refractivity contribution in [3.8, 4) is 11.1 Å². The molecule has 0 aliphatic rings. The third kappa shape index (κ3) is 2.14. The molecule has 0 radical (unpaired) electrons. The number of hydrogen-bond acceptors (Lipinski definition) is 3. The first kappa shape index (κ1) is 13.5. The van der Waals surface area contributed by atoms with Crippen molar-refractivity contribution >= 4 is 28.0 Å². The van der Waals surface area contributed by atoms with Crippen LogP contribution in [0, 0.1) is 0 Å². The highest BCUT2D eigenvalue weighted by molar-refractivity contribution is 6.09. The Labute approximate surface area is 131 Å². The van der Waals surface area contributed by atoms with Gasteiger partial charge in [0, 0.05) is 28.0 Å². The molecule has 3 heteroatoms. The second kappa shape index (κ2) is 5.21. The Kier molecular flexibility index (Phi) is 3.05. The van der Waals surface area contributed by atoms with Gasteiger partial charge in [-0.15, -0.1) is 0 Å². The zero-order valence-corrected chi connectivity index (χ0v) is 12.2. The van der Waals surface area contributed by atoms with E-state index in [1.165, 1.54) is 6.07 Å². The normalized spacial score (nSPS) is 11.0. The van der Waals surface area contributed by atoms with E-state index in [2.05, 4.69) is 0 Å². The van der Waals surface area contributed by atoms with Gasteiger partial charge in [0.25, 0.3) is 0 Å². The lowest BCUT2D eigenvalue weighted by Crippen LogP contribution is -2.00. The molecule has 0 atom stereocenters. The fourth-order valence-electron chi connectivity index (χ4n) is 2.96. The predicted molar refractivity (Wildman–Crippen MR) is 90.8 cm³/mol. The number of benzene rings is 3. The topological polar surface area (TPSA) is 47.3 Å². The molecule has 0 aliphatic carbocycles. The highest BCUT2D eigenvalue weighted by atomic mass is 16.4. The maximum absolute atomic E-state index is 12.1. The van der Waals surface area contributed by atoms with Gasteiger partial charge in [-0.1, -0.05) is 54.6 Å². The van der Waals surface area contributed by atoms with Crippen molar-refractivity contribution in [1.82, 2.24) is 0 Å². The Morgan fingerprint density at radius 2 is 1.57 bits per heavy atom. The van der Waals surface area contributed by atoms with Crippen molar-refractivity contribution in [3.63, 3.8) is 0 Å². The van der Waals surface area contributed by atoms with Crippen LogP contribution >= 0.6 is 0 Å². The lowest BCUT2D eigenvalue weighted by Gasteiger charge is -2.09. The van der Waals surface area contributed by atoms with E-state index in [4.69, 9.17) is 4.42 Å². The van der Waals surface area contributed by atoms with Gasteiger partial charge in [0.15, 0.2) is 6.29 Å². The van der Waals surface area contributed by atoms with Gasteiger partial charge in [-0.25, -0.2) is 4.79 Å². The van der Waals surface area contributed by atoms with Crippen LogP contribution in [0.15, 0.2) is 75.9 Å². The molecule has 0 saturated carbocycles. The largest absolute Gasteiger partial charge is 0.422 e. The van der Waals surface area contributed by atoms with Crippen molar-refractivity contribution in [2.24, 2.45) is 0 Å². The second-order valence-electron chi connectivity index (χ2n) is 5.35. The highest BCUT2D eigenvalue weighted by Gasteiger charge is 2.12. The van der Waals surface area contributed by atoms with Gasteiger partial charge in [-0.2, -0.15) is 0 Å². The zero-order valence-electron chi connectivity index (χ0n) is 12.2. The lowest BCUT2D eigenvalue weighted by atomic mass is 9.96. The summed E-state index contributed by atoms with van der Waals surface area (Å²) in [5.74, 6) is 0. The molecule has 23 heavy (non-hydrogen) atoms. The van der Waals surface area contributed by atoms with Gasteiger partial charge >= 0.3 is 5.63 Å². The molecule has 0 unspecified atom stereocenters. The molecule has 1 heterocycles. The summed E-state index contributed by atoms with van der Waals surface area (Å²) >= 11 is 0. The van der Waals surface area contributed by atoms with E-state index in [1.54, 1.807) is 12.1 Å². The minimum absolute atomic E-state index is 0.426. The smallest absolute Gasteiger partial charge is 0.336 e. The molecule has 0 saturated heterocycles. The Hall–Kier alpha value is -3.20. The standard InChI is InChI=1S/C20H12O3/c21-12-14-6-2-3-7-15(14)18-11-19(22)23-20-16-8-4-1-5-13(16)9-10-17(18)20/h1-12H. The van der Waals surface area contributed by atoms with Crippen LogP contribution in [0.1, 0.15) is 10.4 Å². The Balaban J connectivity index is 2.18. The maximum atomic E-state index is 12.1. The second-order valence-corrected chi connectivity index (χ2v) is 5.35. The molecule has 3 nitrogen and oxygen atoms in total. The number of carbonyl (C=O) groups excluding carboxylic acids is 1. The number of rotatable bonds is 2. The van der Waals surface area contributed by atoms with Gasteiger partial charge < -0.3 is 4.42 Å². The molecule has 4 aromatic rings. The Bertz CT molecular complexity index is 1110. The van der Waals surface area contributed by atoms with E-state index in [0.717, 1.165) is 28.0 Å². The zero-order chi connectivity index (χ0) is 15.8. The number of hydrogen-bond donors (Lipinski definition) is 0. The molecule has 0 amide bonds. The van der Waals surface area contributed by atoms with Crippen LogP contribution in [0.25, 0.3) is 32.9 Å². The van der Waals surface area contributed by atoms with Crippen molar-refractivity contribution in [3.05, 3.63) is 82.7 Å². The third-order valence-electron chi connectivity index (χ3n) is 4.01. The third-order valence-corrected chi connectivity index (χ3v) is 4.01. The maximum Gasteiger partial charge on any atom is 0.336 e. The highest BCUT2D eigenvalue weighted by Crippen LogP contribution is 2.33. The molecule has 110 valence electrons. The summed E-state index contributed by atoms with van der Waals surface area (Å²) in [7, 11) is 0. The SMILES string of the molecule is O=Cc1ccccc1-c1cc(=O)oc2c1ccc1ccccc12. The average Bonchev–Trinajstić information content (AvgIpc) is 2.61. The molecular weight excluding hydrogens is 288 g/mol. The van der Waals surface area contributed by atoms with Gasteiger partial charge in [0.1, 0.15) is 5.58 Å². The fourth-order valence-corrected chi connectivity index (χ4v) is 2.96. The van der Waals surface area contributed by atoms with Crippen LogP contribution in [0.4, 0.5) is 0 Å². The summed E-state index contributed by atoms with van der Waals surface area (Å²) < 4.78 is 5.47.